The third kappa shape index (κ3) is 4.52. The van der Waals surface area contributed by atoms with E-state index in [1.165, 1.54) is 0 Å². The van der Waals surface area contributed by atoms with E-state index in [0.29, 0.717) is 53.3 Å². The Balaban J connectivity index is 1.37. The van der Waals surface area contributed by atoms with Crippen LogP contribution in [-0.4, -0.2) is 60.6 Å². The number of carbonyl (C=O) groups excluding carboxylic acids is 1. The summed E-state index contributed by atoms with van der Waals surface area (Å²) in [5.41, 5.74) is 3.99. The third-order valence-corrected chi connectivity index (χ3v) is 7.27. The maximum absolute atomic E-state index is 13.2. The SMILES string of the molecule is COc1c(Cl)cccc1Nc1c(-c2ccncc2OC[C@H]2COC(C)(C)CO2)[nH]c2c1C(=O)NC1C[C@H]21. The topological polar surface area (TPSA) is 107 Å². The Bertz CT molecular complexity index is 1350. The number of amides is 1. The Morgan fingerprint density at radius 3 is 2.95 bits per heavy atom. The number of ether oxygens (including phenoxy) is 4. The van der Waals surface area contributed by atoms with Gasteiger partial charge in [0.25, 0.3) is 5.91 Å². The molecule has 6 rings (SSSR count). The maximum atomic E-state index is 13.2. The van der Waals surface area contributed by atoms with Gasteiger partial charge in [0.15, 0.2) is 5.75 Å². The Morgan fingerprint density at radius 2 is 2.16 bits per heavy atom. The van der Waals surface area contributed by atoms with E-state index in [9.17, 15) is 4.79 Å². The number of pyridine rings is 1. The Hall–Kier alpha value is -3.27. The number of para-hydroxylation sites is 1. The lowest BCUT2D eigenvalue weighted by Gasteiger charge is -2.34. The van der Waals surface area contributed by atoms with Gasteiger partial charge in [0.2, 0.25) is 0 Å². The molecule has 1 amide bonds. The van der Waals surface area contributed by atoms with E-state index in [-0.39, 0.29) is 29.6 Å². The number of aromatic amines is 1. The number of halogens is 1. The number of H-pyrrole nitrogens is 1. The number of hydrogen-bond acceptors (Lipinski definition) is 7. The summed E-state index contributed by atoms with van der Waals surface area (Å²) < 4.78 is 23.6. The third-order valence-electron chi connectivity index (χ3n) is 6.97. The number of anilines is 2. The first-order valence-corrected chi connectivity index (χ1v) is 12.7. The van der Waals surface area contributed by atoms with E-state index in [1.54, 1.807) is 25.6 Å². The fraction of sp³-hybridized carbons (Fsp3) is 0.407. The van der Waals surface area contributed by atoms with Crippen molar-refractivity contribution in [1.82, 2.24) is 15.3 Å². The van der Waals surface area contributed by atoms with Gasteiger partial charge in [-0.2, -0.15) is 0 Å². The molecular weight excluding hydrogens is 496 g/mol. The number of carbonyl (C=O) groups is 1. The van der Waals surface area contributed by atoms with Gasteiger partial charge in [0.1, 0.15) is 18.5 Å². The second-order valence-electron chi connectivity index (χ2n) is 10.2. The Kier molecular flexibility index (Phi) is 6.01. The van der Waals surface area contributed by atoms with Crippen molar-refractivity contribution in [3.63, 3.8) is 0 Å². The molecule has 2 fully saturated rings. The monoisotopic (exact) mass is 524 g/mol. The molecule has 10 heteroatoms. The lowest BCUT2D eigenvalue weighted by Crippen LogP contribution is -2.44. The highest BCUT2D eigenvalue weighted by atomic mass is 35.5. The molecule has 9 nitrogen and oxygen atoms in total. The van der Waals surface area contributed by atoms with E-state index in [1.807, 2.05) is 32.0 Å². The van der Waals surface area contributed by atoms with Crippen LogP contribution in [-0.2, 0) is 9.47 Å². The van der Waals surface area contributed by atoms with Crippen LogP contribution in [0.1, 0.15) is 42.2 Å². The lowest BCUT2D eigenvalue weighted by molar-refractivity contribution is -0.181. The normalized spacial score (nSPS) is 23.5. The molecule has 1 saturated heterocycles. The fourth-order valence-electron chi connectivity index (χ4n) is 4.93. The first-order valence-electron chi connectivity index (χ1n) is 12.3. The molecule has 3 N–H and O–H groups in total. The highest BCUT2D eigenvalue weighted by Gasteiger charge is 2.48. The van der Waals surface area contributed by atoms with Crippen LogP contribution in [0.15, 0.2) is 36.7 Å². The minimum atomic E-state index is -0.303. The van der Waals surface area contributed by atoms with Crippen molar-refractivity contribution in [1.29, 1.82) is 0 Å². The molecule has 1 aliphatic carbocycles. The van der Waals surface area contributed by atoms with Crippen LogP contribution in [0.4, 0.5) is 11.4 Å². The van der Waals surface area contributed by atoms with Gasteiger partial charge < -0.3 is 34.6 Å². The number of nitrogens with one attached hydrogen (secondary N) is 3. The summed E-state index contributed by atoms with van der Waals surface area (Å²) in [5, 5.41) is 7.00. The van der Waals surface area contributed by atoms with Crippen molar-refractivity contribution in [2.75, 3.05) is 32.2 Å². The molecule has 1 unspecified atom stereocenters. The Labute approximate surface area is 219 Å². The quantitative estimate of drug-likeness (QED) is 0.413. The van der Waals surface area contributed by atoms with Gasteiger partial charge in [-0.05, 0) is 38.5 Å². The molecule has 3 aromatic rings. The highest BCUT2D eigenvalue weighted by molar-refractivity contribution is 6.32. The molecule has 4 heterocycles. The molecule has 3 aliphatic rings. The fourth-order valence-corrected chi connectivity index (χ4v) is 5.18. The predicted molar refractivity (Wildman–Crippen MR) is 139 cm³/mol. The predicted octanol–water partition coefficient (Wildman–Crippen LogP) is 4.65. The number of benzene rings is 1. The molecule has 1 saturated carbocycles. The molecule has 194 valence electrons. The zero-order valence-corrected chi connectivity index (χ0v) is 21.6. The van der Waals surface area contributed by atoms with Gasteiger partial charge in [-0.1, -0.05) is 17.7 Å². The van der Waals surface area contributed by atoms with Gasteiger partial charge in [0, 0.05) is 29.4 Å². The maximum Gasteiger partial charge on any atom is 0.255 e. The molecule has 2 aromatic heterocycles. The lowest BCUT2D eigenvalue weighted by atomic mass is 10.0. The molecule has 0 bridgehead atoms. The van der Waals surface area contributed by atoms with Crippen molar-refractivity contribution in [2.24, 2.45) is 0 Å². The standard InChI is InChI=1S/C27H29ClN4O5/c1-27(2)13-36-14(12-37-27)11-35-20-10-29-8-7-15(20)23-24(30-18-6-4-5-17(28)25(18)34-3)21-22(32-23)16-9-19(16)31-26(21)33/h4-8,10,14,16,19,30,32H,9,11-13H2,1-3H3,(H,31,33)/t14-,16-,19?/m0/s1. The summed E-state index contributed by atoms with van der Waals surface area (Å²) in [6.45, 7) is 5.26. The van der Waals surface area contributed by atoms with Crippen LogP contribution < -0.4 is 20.1 Å². The average molecular weight is 525 g/mol. The minimum absolute atomic E-state index is 0.119. The zero-order valence-electron chi connectivity index (χ0n) is 20.9. The second-order valence-corrected chi connectivity index (χ2v) is 10.6. The Morgan fingerprint density at radius 1 is 1.30 bits per heavy atom. The van der Waals surface area contributed by atoms with Crippen LogP contribution in [0.25, 0.3) is 11.3 Å². The van der Waals surface area contributed by atoms with Gasteiger partial charge in [-0.3, -0.25) is 9.78 Å². The summed E-state index contributed by atoms with van der Waals surface area (Å²) in [6, 6.07) is 7.49. The summed E-state index contributed by atoms with van der Waals surface area (Å²) in [5.74, 6) is 1.20. The molecule has 2 aliphatic heterocycles. The van der Waals surface area contributed by atoms with Gasteiger partial charge in [-0.15, -0.1) is 0 Å². The number of methoxy groups -OCH3 is 1. The van der Waals surface area contributed by atoms with Crippen molar-refractivity contribution in [3.8, 4) is 22.8 Å². The van der Waals surface area contributed by atoms with E-state index >= 15 is 0 Å². The highest BCUT2D eigenvalue weighted by Crippen LogP contribution is 2.51. The minimum Gasteiger partial charge on any atom is -0.493 e. The number of fused-ring (bicyclic) bond motifs is 3. The second kappa shape index (κ2) is 9.24. The molecule has 1 aromatic carbocycles. The van der Waals surface area contributed by atoms with Crippen LogP contribution in [0.5, 0.6) is 11.5 Å². The smallest absolute Gasteiger partial charge is 0.255 e. The van der Waals surface area contributed by atoms with Gasteiger partial charge >= 0.3 is 0 Å². The van der Waals surface area contributed by atoms with E-state index in [2.05, 4.69) is 20.6 Å². The van der Waals surface area contributed by atoms with Crippen molar-refractivity contribution in [3.05, 3.63) is 52.9 Å². The van der Waals surface area contributed by atoms with Crippen LogP contribution in [0, 0.1) is 0 Å². The van der Waals surface area contributed by atoms with E-state index in [0.717, 1.165) is 23.4 Å². The summed E-state index contributed by atoms with van der Waals surface area (Å²) >= 11 is 6.38. The number of aromatic nitrogens is 2. The summed E-state index contributed by atoms with van der Waals surface area (Å²) in [6.07, 6.45) is 4.10. The van der Waals surface area contributed by atoms with Crippen LogP contribution >= 0.6 is 11.6 Å². The van der Waals surface area contributed by atoms with Crippen molar-refractivity contribution >= 4 is 28.9 Å². The molecule has 37 heavy (non-hydrogen) atoms. The van der Waals surface area contributed by atoms with Crippen molar-refractivity contribution < 1.29 is 23.7 Å². The summed E-state index contributed by atoms with van der Waals surface area (Å²) in [4.78, 5) is 21.0. The average Bonchev–Trinajstić information content (AvgIpc) is 3.55. The number of nitrogens with zero attached hydrogens (tertiary/aromatic N) is 1. The molecule has 3 atom stereocenters. The van der Waals surface area contributed by atoms with Gasteiger partial charge in [-0.25, -0.2) is 0 Å². The molecular formula is C27H29ClN4O5. The van der Waals surface area contributed by atoms with Crippen LogP contribution in [0.2, 0.25) is 5.02 Å². The van der Waals surface area contributed by atoms with E-state index in [4.69, 9.17) is 30.5 Å². The summed E-state index contributed by atoms with van der Waals surface area (Å²) in [7, 11) is 1.56. The van der Waals surface area contributed by atoms with E-state index < -0.39 is 0 Å². The largest absolute Gasteiger partial charge is 0.493 e. The number of hydrogen-bond donors (Lipinski definition) is 3. The first kappa shape index (κ1) is 24.1. The van der Waals surface area contributed by atoms with Gasteiger partial charge in [0.05, 0.1) is 59.8 Å². The van der Waals surface area contributed by atoms with Crippen molar-refractivity contribution in [2.45, 2.75) is 43.9 Å². The van der Waals surface area contributed by atoms with Crippen LogP contribution in [0.3, 0.4) is 0 Å². The zero-order chi connectivity index (χ0) is 25.7. The molecule has 0 radical (unpaired) electrons. The number of rotatable bonds is 7. The first-order chi connectivity index (χ1) is 17.8. The molecule has 0 spiro atoms.